The average molecular weight is 368 g/mol. The first-order valence-corrected chi connectivity index (χ1v) is 9.50. The van der Waals surface area contributed by atoms with Gasteiger partial charge in [-0.2, -0.15) is 5.10 Å². The molecule has 27 heavy (non-hydrogen) atoms. The number of hydrogen-bond donors (Lipinski definition) is 0. The van der Waals surface area contributed by atoms with Crippen LogP contribution in [0.4, 0.5) is 0 Å². The van der Waals surface area contributed by atoms with Crippen LogP contribution in [0, 0.1) is 6.92 Å². The van der Waals surface area contributed by atoms with Crippen molar-refractivity contribution < 1.29 is 9.47 Å². The summed E-state index contributed by atoms with van der Waals surface area (Å²) in [6, 6.07) is 4.97. The molecule has 2 saturated heterocycles. The number of aromatic nitrogens is 5. The molecule has 0 saturated carbocycles. The highest BCUT2D eigenvalue weighted by Crippen LogP contribution is 2.31. The van der Waals surface area contributed by atoms with E-state index >= 15 is 0 Å². The Morgan fingerprint density at radius 1 is 1.19 bits per heavy atom. The highest BCUT2D eigenvalue weighted by atomic mass is 16.5. The fraction of sp³-hybridized carbons (Fsp3) is 0.526. The van der Waals surface area contributed by atoms with Gasteiger partial charge in [-0.25, -0.2) is 9.20 Å². The maximum Gasteiger partial charge on any atom is 0.145 e. The lowest BCUT2D eigenvalue weighted by molar-refractivity contribution is -0.0735. The van der Waals surface area contributed by atoms with E-state index in [1.165, 1.54) is 0 Å². The van der Waals surface area contributed by atoms with Gasteiger partial charge in [0.05, 0.1) is 44.3 Å². The number of methoxy groups -OCH3 is 1. The summed E-state index contributed by atoms with van der Waals surface area (Å²) in [4.78, 5) is 2.55. The monoisotopic (exact) mass is 368 g/mol. The summed E-state index contributed by atoms with van der Waals surface area (Å²) in [6.45, 7) is 6.06. The number of nitrogens with zero attached hydrogens (tertiary/aromatic N) is 6. The molecular formula is C19H24N6O2. The Hall–Kier alpha value is -2.45. The largest absolute Gasteiger partial charge is 0.494 e. The van der Waals surface area contributed by atoms with Gasteiger partial charge in [-0.3, -0.25) is 4.90 Å². The molecule has 2 fully saturated rings. The van der Waals surface area contributed by atoms with E-state index in [4.69, 9.17) is 9.47 Å². The Morgan fingerprint density at radius 2 is 2.00 bits per heavy atom. The molecular weight excluding hydrogens is 344 g/mol. The van der Waals surface area contributed by atoms with Gasteiger partial charge in [0.25, 0.3) is 0 Å². The Balaban J connectivity index is 1.40. The molecule has 0 aliphatic carbocycles. The molecule has 0 N–H and O–H groups in total. The minimum absolute atomic E-state index is 0.402. The number of ether oxygens (including phenoxy) is 2. The van der Waals surface area contributed by atoms with Gasteiger partial charge >= 0.3 is 0 Å². The van der Waals surface area contributed by atoms with E-state index in [1.807, 2.05) is 22.8 Å². The third-order valence-corrected chi connectivity index (χ3v) is 5.87. The topological polar surface area (TPSA) is 69.7 Å². The number of pyridine rings is 1. The van der Waals surface area contributed by atoms with Crippen LogP contribution >= 0.6 is 0 Å². The molecule has 8 nitrogen and oxygen atoms in total. The average Bonchev–Trinajstić information content (AvgIpc) is 3.26. The second-order valence-corrected chi connectivity index (χ2v) is 7.38. The smallest absolute Gasteiger partial charge is 0.145 e. The van der Waals surface area contributed by atoms with Crippen LogP contribution in [0.15, 0.2) is 24.5 Å². The summed E-state index contributed by atoms with van der Waals surface area (Å²) in [5.74, 6) is 0.787. The van der Waals surface area contributed by atoms with E-state index in [-0.39, 0.29) is 0 Å². The van der Waals surface area contributed by atoms with Gasteiger partial charge < -0.3 is 9.47 Å². The Bertz CT molecular complexity index is 952. The number of hydrogen-bond acceptors (Lipinski definition) is 6. The van der Waals surface area contributed by atoms with Gasteiger partial charge in [0.1, 0.15) is 17.0 Å². The SMILES string of the molecule is COc1cc(-c2nnn(C3CCN(C4COC4)CC3)c2C)cn2nccc12. The van der Waals surface area contributed by atoms with Crippen LogP contribution in [0.1, 0.15) is 24.6 Å². The van der Waals surface area contributed by atoms with Crippen molar-refractivity contribution in [1.29, 1.82) is 0 Å². The number of piperidine rings is 1. The van der Waals surface area contributed by atoms with Gasteiger partial charge in [0.15, 0.2) is 0 Å². The zero-order valence-corrected chi connectivity index (χ0v) is 15.7. The lowest BCUT2D eigenvalue weighted by Gasteiger charge is -2.41. The molecule has 0 spiro atoms. The first-order chi connectivity index (χ1) is 13.2. The van der Waals surface area contributed by atoms with Crippen molar-refractivity contribution in [2.45, 2.75) is 31.8 Å². The van der Waals surface area contributed by atoms with Crippen LogP contribution < -0.4 is 4.74 Å². The molecule has 142 valence electrons. The van der Waals surface area contributed by atoms with E-state index in [1.54, 1.807) is 13.3 Å². The zero-order chi connectivity index (χ0) is 18.4. The lowest BCUT2D eigenvalue weighted by atomic mass is 10.0. The van der Waals surface area contributed by atoms with Crippen LogP contribution in [0.2, 0.25) is 0 Å². The normalized spacial score (nSPS) is 19.5. The van der Waals surface area contributed by atoms with Crippen LogP contribution in [-0.4, -0.2) is 69.0 Å². The molecule has 0 radical (unpaired) electrons. The molecule has 8 heteroatoms. The molecule has 0 unspecified atom stereocenters. The number of likely N-dealkylation sites (tertiary alicyclic amines) is 1. The molecule has 2 aliphatic rings. The van der Waals surface area contributed by atoms with Crippen LogP contribution in [-0.2, 0) is 4.74 Å². The third kappa shape index (κ3) is 2.80. The van der Waals surface area contributed by atoms with E-state index in [0.717, 1.165) is 67.4 Å². The van der Waals surface area contributed by atoms with Gasteiger partial charge in [-0.1, -0.05) is 5.21 Å². The van der Waals surface area contributed by atoms with Crippen molar-refractivity contribution in [2.24, 2.45) is 0 Å². The summed E-state index contributed by atoms with van der Waals surface area (Å²) in [7, 11) is 1.68. The van der Waals surface area contributed by atoms with Crippen molar-refractivity contribution in [3.8, 4) is 17.0 Å². The van der Waals surface area contributed by atoms with Crippen molar-refractivity contribution >= 4 is 5.52 Å². The van der Waals surface area contributed by atoms with E-state index in [9.17, 15) is 0 Å². The summed E-state index contributed by atoms with van der Waals surface area (Å²) in [6.07, 6.45) is 5.95. The Labute approximate surface area is 157 Å². The molecule has 2 aliphatic heterocycles. The Kier molecular flexibility index (Phi) is 4.09. The standard InChI is InChI=1S/C19H24N6O2/c1-13-19(14-9-18(26-2)17-3-6-20-24(17)10-14)21-22-25(13)15-4-7-23(8-5-15)16-11-27-12-16/h3,6,9-10,15-16H,4-5,7-8,11-12H2,1-2H3. The van der Waals surface area contributed by atoms with Gasteiger partial charge in [-0.05, 0) is 31.9 Å². The van der Waals surface area contributed by atoms with Crippen LogP contribution in [0.25, 0.3) is 16.8 Å². The van der Waals surface area contributed by atoms with Crippen molar-refractivity contribution in [3.05, 3.63) is 30.2 Å². The first kappa shape index (κ1) is 16.7. The summed E-state index contributed by atoms with van der Waals surface area (Å²) < 4.78 is 14.8. The van der Waals surface area contributed by atoms with Crippen LogP contribution in [0.3, 0.4) is 0 Å². The minimum atomic E-state index is 0.402. The fourth-order valence-electron chi connectivity index (χ4n) is 4.17. The van der Waals surface area contributed by atoms with Crippen molar-refractivity contribution in [3.63, 3.8) is 0 Å². The first-order valence-electron chi connectivity index (χ1n) is 9.50. The van der Waals surface area contributed by atoms with E-state index in [0.29, 0.717) is 12.1 Å². The van der Waals surface area contributed by atoms with Crippen molar-refractivity contribution in [1.82, 2.24) is 29.5 Å². The van der Waals surface area contributed by atoms with Gasteiger partial charge in [0, 0.05) is 24.8 Å². The Morgan fingerprint density at radius 3 is 2.70 bits per heavy atom. The summed E-state index contributed by atoms with van der Waals surface area (Å²) in [5, 5.41) is 13.3. The number of fused-ring (bicyclic) bond motifs is 1. The predicted octanol–water partition coefficient (Wildman–Crippen LogP) is 1.95. The molecule has 5 rings (SSSR count). The predicted molar refractivity (Wildman–Crippen MR) is 99.9 cm³/mol. The maximum atomic E-state index is 5.53. The van der Waals surface area contributed by atoms with E-state index < -0.39 is 0 Å². The molecule has 0 bridgehead atoms. The van der Waals surface area contributed by atoms with Crippen molar-refractivity contribution in [2.75, 3.05) is 33.4 Å². The van der Waals surface area contributed by atoms with Gasteiger partial charge in [0.2, 0.25) is 0 Å². The molecule has 3 aromatic heterocycles. The van der Waals surface area contributed by atoms with Crippen LogP contribution in [0.5, 0.6) is 5.75 Å². The zero-order valence-electron chi connectivity index (χ0n) is 15.7. The van der Waals surface area contributed by atoms with Gasteiger partial charge in [-0.15, -0.1) is 5.10 Å². The summed E-state index contributed by atoms with van der Waals surface area (Å²) >= 11 is 0. The third-order valence-electron chi connectivity index (χ3n) is 5.87. The molecule has 5 heterocycles. The van der Waals surface area contributed by atoms with E-state index in [2.05, 4.69) is 31.9 Å². The highest BCUT2D eigenvalue weighted by Gasteiger charge is 2.31. The highest BCUT2D eigenvalue weighted by molar-refractivity contribution is 5.69. The maximum absolute atomic E-state index is 5.53. The minimum Gasteiger partial charge on any atom is -0.494 e. The summed E-state index contributed by atoms with van der Waals surface area (Å²) in [5.41, 5.74) is 3.89. The second kappa shape index (κ2) is 6.61. The molecule has 0 atom stereocenters. The quantitative estimate of drug-likeness (QED) is 0.701. The molecule has 3 aromatic rings. The molecule has 0 amide bonds. The lowest BCUT2D eigenvalue weighted by Crippen LogP contribution is -2.52. The second-order valence-electron chi connectivity index (χ2n) is 7.38. The molecule has 0 aromatic carbocycles. The fourth-order valence-corrected chi connectivity index (χ4v) is 4.17. The number of rotatable bonds is 4.